The molecule has 1 aliphatic heterocycles. The van der Waals surface area contributed by atoms with Gasteiger partial charge in [-0.25, -0.2) is 4.39 Å². The molecule has 1 heterocycles. The Morgan fingerprint density at radius 3 is 2.82 bits per heavy atom. The predicted octanol–water partition coefficient (Wildman–Crippen LogP) is 5.01. The van der Waals surface area contributed by atoms with Crippen molar-refractivity contribution in [3.63, 3.8) is 0 Å². The summed E-state index contributed by atoms with van der Waals surface area (Å²) >= 11 is 10.0. The first-order valence-corrected chi connectivity index (χ1v) is 10.4. The van der Waals surface area contributed by atoms with Crippen LogP contribution in [0.4, 0.5) is 4.39 Å². The summed E-state index contributed by atoms with van der Waals surface area (Å²) in [5.41, 5.74) is 1.59. The van der Waals surface area contributed by atoms with Gasteiger partial charge in [0.15, 0.2) is 0 Å². The molecule has 1 aliphatic rings. The molecule has 1 amide bonds. The number of nitrogens with zero attached hydrogens (tertiary/aromatic N) is 1. The molecule has 8 heteroatoms. The second kappa shape index (κ2) is 9.65. The SMILES string of the molecule is COCCN1C(=O)/C(=C/c2ccc(OCc3cccc(F)c3)c(Br)c2)SC1=S. The van der Waals surface area contributed by atoms with Crippen molar-refractivity contribution in [2.45, 2.75) is 6.61 Å². The second-order valence-electron chi connectivity index (χ2n) is 5.93. The number of carbonyl (C=O) groups is 1. The number of hydrogen-bond donors (Lipinski definition) is 0. The van der Waals surface area contributed by atoms with Crippen molar-refractivity contribution in [2.75, 3.05) is 20.3 Å². The number of methoxy groups -OCH3 is 1. The number of benzene rings is 2. The van der Waals surface area contributed by atoms with E-state index in [1.165, 1.54) is 23.9 Å². The number of carbonyl (C=O) groups excluding carboxylic acids is 1. The second-order valence-corrected chi connectivity index (χ2v) is 8.46. The molecule has 2 aromatic rings. The highest BCUT2D eigenvalue weighted by Gasteiger charge is 2.31. The first-order chi connectivity index (χ1) is 13.5. The third kappa shape index (κ3) is 5.20. The molecule has 0 aromatic heterocycles. The fourth-order valence-corrected chi connectivity index (χ4v) is 4.36. The molecule has 4 nitrogen and oxygen atoms in total. The topological polar surface area (TPSA) is 38.8 Å². The molecule has 0 atom stereocenters. The maximum Gasteiger partial charge on any atom is 0.266 e. The van der Waals surface area contributed by atoms with E-state index < -0.39 is 0 Å². The van der Waals surface area contributed by atoms with Crippen LogP contribution in [0.15, 0.2) is 51.8 Å². The Kier molecular flexibility index (Phi) is 7.23. The van der Waals surface area contributed by atoms with Crippen LogP contribution >= 0.6 is 39.9 Å². The van der Waals surface area contributed by atoms with E-state index in [4.69, 9.17) is 21.7 Å². The lowest BCUT2D eigenvalue weighted by Gasteiger charge is -2.13. The van der Waals surface area contributed by atoms with Crippen molar-refractivity contribution in [3.8, 4) is 5.75 Å². The van der Waals surface area contributed by atoms with Crippen molar-refractivity contribution < 1.29 is 18.7 Å². The molecule has 3 rings (SSSR count). The Balaban J connectivity index is 1.69. The Hall–Kier alpha value is -1.74. The van der Waals surface area contributed by atoms with Crippen LogP contribution in [0.1, 0.15) is 11.1 Å². The van der Waals surface area contributed by atoms with Gasteiger partial charge in [0.2, 0.25) is 0 Å². The third-order valence-corrected chi connectivity index (χ3v) is 5.93. The van der Waals surface area contributed by atoms with Gasteiger partial charge in [-0.3, -0.25) is 9.69 Å². The van der Waals surface area contributed by atoms with E-state index in [1.54, 1.807) is 36.3 Å². The molecule has 146 valence electrons. The minimum atomic E-state index is -0.293. The lowest BCUT2D eigenvalue weighted by molar-refractivity contribution is -0.122. The van der Waals surface area contributed by atoms with E-state index >= 15 is 0 Å². The number of rotatable bonds is 7. The molecule has 0 saturated carbocycles. The zero-order chi connectivity index (χ0) is 20.1. The number of thiocarbonyl (C=S) groups is 1. The van der Waals surface area contributed by atoms with Crippen LogP contribution in [0.2, 0.25) is 0 Å². The average molecular weight is 482 g/mol. The average Bonchev–Trinajstić information content (AvgIpc) is 2.92. The fraction of sp³-hybridized carbons (Fsp3) is 0.200. The van der Waals surface area contributed by atoms with E-state index in [0.29, 0.717) is 28.1 Å². The monoisotopic (exact) mass is 481 g/mol. The molecule has 0 radical (unpaired) electrons. The number of thioether (sulfide) groups is 1. The predicted molar refractivity (Wildman–Crippen MR) is 117 cm³/mol. The number of halogens is 2. The van der Waals surface area contributed by atoms with Crippen LogP contribution in [0.5, 0.6) is 5.75 Å². The van der Waals surface area contributed by atoms with Crippen LogP contribution in [0.3, 0.4) is 0 Å². The molecule has 0 unspecified atom stereocenters. The summed E-state index contributed by atoms with van der Waals surface area (Å²) in [4.78, 5) is 14.6. The first-order valence-electron chi connectivity index (χ1n) is 8.39. The van der Waals surface area contributed by atoms with Gasteiger partial charge < -0.3 is 9.47 Å². The fourth-order valence-electron chi connectivity index (χ4n) is 2.54. The van der Waals surface area contributed by atoms with E-state index in [1.807, 2.05) is 12.1 Å². The van der Waals surface area contributed by atoms with Crippen molar-refractivity contribution >= 4 is 56.2 Å². The van der Waals surface area contributed by atoms with E-state index in [-0.39, 0.29) is 18.3 Å². The summed E-state index contributed by atoms with van der Waals surface area (Å²) in [5.74, 6) is 0.224. The summed E-state index contributed by atoms with van der Waals surface area (Å²) in [6.45, 7) is 1.13. The van der Waals surface area contributed by atoms with E-state index in [9.17, 15) is 9.18 Å². The van der Waals surface area contributed by atoms with Gasteiger partial charge in [0, 0.05) is 7.11 Å². The Bertz CT molecular complexity index is 935. The standard InChI is InChI=1S/C20H17BrFNO3S2/c1-25-8-7-23-19(24)18(28-20(23)27)11-13-5-6-17(16(21)10-13)26-12-14-3-2-4-15(22)9-14/h2-6,9-11H,7-8,12H2,1H3/b18-11-. The molecular formula is C20H17BrFNO3S2. The normalized spacial score (nSPS) is 15.5. The van der Waals surface area contributed by atoms with Crippen LogP contribution in [0.25, 0.3) is 6.08 Å². The van der Waals surface area contributed by atoms with E-state index in [0.717, 1.165) is 15.6 Å². The number of ether oxygens (including phenoxy) is 2. The van der Waals surface area contributed by atoms with Gasteiger partial charge in [0.25, 0.3) is 5.91 Å². The van der Waals surface area contributed by atoms with E-state index in [2.05, 4.69) is 15.9 Å². The zero-order valence-electron chi connectivity index (χ0n) is 15.0. The van der Waals surface area contributed by atoms with Gasteiger partial charge in [0.05, 0.1) is 22.5 Å². The highest BCUT2D eigenvalue weighted by Crippen LogP contribution is 2.34. The molecule has 0 N–H and O–H groups in total. The maximum atomic E-state index is 13.3. The lowest BCUT2D eigenvalue weighted by Crippen LogP contribution is -2.31. The van der Waals surface area contributed by atoms with Crippen LogP contribution in [-0.4, -0.2) is 35.4 Å². The number of amides is 1. The van der Waals surface area contributed by atoms with Crippen LogP contribution in [-0.2, 0) is 16.1 Å². The molecule has 0 spiro atoms. The van der Waals surface area contributed by atoms with Crippen molar-refractivity contribution in [2.24, 2.45) is 0 Å². The van der Waals surface area contributed by atoms with Gasteiger partial charge in [0.1, 0.15) is 22.5 Å². The molecular weight excluding hydrogens is 465 g/mol. The summed E-state index contributed by atoms with van der Waals surface area (Å²) in [7, 11) is 1.59. The molecule has 2 aromatic carbocycles. The highest BCUT2D eigenvalue weighted by atomic mass is 79.9. The molecule has 0 bridgehead atoms. The van der Waals surface area contributed by atoms with Gasteiger partial charge in [-0.2, -0.15) is 0 Å². The van der Waals surface area contributed by atoms with Crippen molar-refractivity contribution in [3.05, 3.63) is 68.8 Å². The summed E-state index contributed by atoms with van der Waals surface area (Å²) in [6.07, 6.45) is 1.80. The molecule has 0 aliphatic carbocycles. The quantitative estimate of drug-likeness (QED) is 0.410. The Morgan fingerprint density at radius 2 is 2.11 bits per heavy atom. The van der Waals surface area contributed by atoms with Gasteiger partial charge in [-0.1, -0.05) is 42.2 Å². The van der Waals surface area contributed by atoms with Crippen molar-refractivity contribution in [1.82, 2.24) is 4.90 Å². The third-order valence-electron chi connectivity index (χ3n) is 3.93. The first kappa shape index (κ1) is 21.0. The maximum absolute atomic E-state index is 13.3. The zero-order valence-corrected chi connectivity index (χ0v) is 18.2. The van der Waals surface area contributed by atoms with Gasteiger partial charge in [-0.05, 0) is 57.4 Å². The molecule has 1 fully saturated rings. The number of hydrogen-bond acceptors (Lipinski definition) is 5. The van der Waals surface area contributed by atoms with Crippen LogP contribution in [0, 0.1) is 5.82 Å². The summed E-state index contributed by atoms with van der Waals surface area (Å²) in [5, 5.41) is 0. The molecule has 28 heavy (non-hydrogen) atoms. The van der Waals surface area contributed by atoms with Gasteiger partial charge >= 0.3 is 0 Å². The smallest absolute Gasteiger partial charge is 0.266 e. The lowest BCUT2D eigenvalue weighted by atomic mass is 10.2. The highest BCUT2D eigenvalue weighted by molar-refractivity contribution is 9.10. The van der Waals surface area contributed by atoms with Gasteiger partial charge in [-0.15, -0.1) is 0 Å². The molecule has 1 saturated heterocycles. The minimum Gasteiger partial charge on any atom is -0.488 e. The Labute approximate surface area is 180 Å². The Morgan fingerprint density at radius 1 is 1.29 bits per heavy atom. The van der Waals surface area contributed by atoms with Crippen LogP contribution < -0.4 is 4.74 Å². The largest absolute Gasteiger partial charge is 0.488 e. The summed E-state index contributed by atoms with van der Waals surface area (Å²) < 4.78 is 25.3. The minimum absolute atomic E-state index is 0.116. The summed E-state index contributed by atoms with van der Waals surface area (Å²) in [6, 6.07) is 11.8. The van der Waals surface area contributed by atoms with Crippen molar-refractivity contribution in [1.29, 1.82) is 0 Å².